The zero-order chi connectivity index (χ0) is 19.1. The number of para-hydroxylation sites is 3. The van der Waals surface area contributed by atoms with Crippen LogP contribution < -0.4 is 10.4 Å². The number of hydrogen-bond acceptors (Lipinski definition) is 4. The highest BCUT2D eigenvalue weighted by Crippen LogP contribution is 2.13. The van der Waals surface area contributed by atoms with Crippen LogP contribution in [0.3, 0.4) is 0 Å². The Labute approximate surface area is 157 Å². The largest absolute Gasteiger partial charge is 0.493 e. The molecule has 0 N–H and O–H groups in total. The molecule has 0 aliphatic rings. The summed E-state index contributed by atoms with van der Waals surface area (Å²) in [5.41, 5.74) is 1.63. The van der Waals surface area contributed by atoms with E-state index in [0.29, 0.717) is 32.7 Å². The summed E-state index contributed by atoms with van der Waals surface area (Å²) < 4.78 is 14.1. The molecule has 1 heterocycles. The topological polar surface area (TPSA) is 62.5 Å². The van der Waals surface area contributed by atoms with Gasteiger partial charge in [0, 0.05) is 19.5 Å². The summed E-state index contributed by atoms with van der Waals surface area (Å²) in [5, 5.41) is 0. The predicted octanol–water partition coefficient (Wildman–Crippen LogP) is 3.23. The maximum Gasteiger partial charge on any atom is 0.329 e. The van der Waals surface area contributed by atoms with Crippen molar-refractivity contribution in [3.8, 4) is 5.75 Å². The van der Waals surface area contributed by atoms with E-state index in [4.69, 9.17) is 9.47 Å². The molecule has 0 aliphatic heterocycles. The maximum atomic E-state index is 12.5. The van der Waals surface area contributed by atoms with Gasteiger partial charge in [-0.15, -0.1) is 0 Å². The lowest BCUT2D eigenvalue weighted by Gasteiger charge is -2.07. The van der Waals surface area contributed by atoms with Crippen molar-refractivity contribution in [3.63, 3.8) is 0 Å². The Morgan fingerprint density at radius 3 is 2.30 bits per heavy atom. The molecule has 0 bridgehead atoms. The fraction of sp³-hybridized carbons (Fsp3) is 0.333. The first-order valence-corrected chi connectivity index (χ1v) is 9.22. The number of rotatable bonds is 9. The van der Waals surface area contributed by atoms with Crippen LogP contribution >= 0.6 is 0 Å². The van der Waals surface area contributed by atoms with E-state index in [1.165, 1.54) is 0 Å². The van der Waals surface area contributed by atoms with Crippen molar-refractivity contribution in [3.05, 3.63) is 65.1 Å². The Morgan fingerprint density at radius 2 is 1.59 bits per heavy atom. The first-order chi connectivity index (χ1) is 13.2. The van der Waals surface area contributed by atoms with Gasteiger partial charge in [0.05, 0.1) is 30.7 Å². The molecule has 27 heavy (non-hydrogen) atoms. The summed E-state index contributed by atoms with van der Waals surface area (Å²) in [5.74, 6) is 0.491. The van der Waals surface area contributed by atoms with Crippen molar-refractivity contribution < 1.29 is 14.3 Å². The summed E-state index contributed by atoms with van der Waals surface area (Å²) in [6.45, 7) is 3.63. The molecular formula is C21H24N2O4. The van der Waals surface area contributed by atoms with Gasteiger partial charge in [0.25, 0.3) is 0 Å². The molecule has 142 valence electrons. The molecule has 3 rings (SSSR count). The fourth-order valence-corrected chi connectivity index (χ4v) is 3.02. The van der Waals surface area contributed by atoms with Gasteiger partial charge < -0.3 is 9.47 Å². The van der Waals surface area contributed by atoms with E-state index in [1.807, 2.05) is 61.5 Å². The zero-order valence-corrected chi connectivity index (χ0v) is 15.5. The Bertz CT molecular complexity index is 944. The van der Waals surface area contributed by atoms with Crippen molar-refractivity contribution in [2.45, 2.75) is 32.9 Å². The minimum absolute atomic E-state index is 0.0947. The Hall–Kier alpha value is -3.02. The van der Waals surface area contributed by atoms with Gasteiger partial charge in [-0.25, -0.2) is 4.79 Å². The third-order valence-corrected chi connectivity index (χ3v) is 4.34. The van der Waals surface area contributed by atoms with E-state index >= 15 is 0 Å². The van der Waals surface area contributed by atoms with Gasteiger partial charge in [0.1, 0.15) is 5.75 Å². The molecule has 3 aromatic rings. The van der Waals surface area contributed by atoms with Crippen molar-refractivity contribution in [2.24, 2.45) is 0 Å². The second kappa shape index (κ2) is 9.07. The standard InChI is InChI=1S/C21H24N2O4/c1-2-22-18-11-6-7-12-19(18)23(21(22)25)14-13-20(24)27-16-8-15-26-17-9-4-3-5-10-17/h3-7,9-12H,2,8,13-16H2,1H3. The van der Waals surface area contributed by atoms with Crippen molar-refractivity contribution in [1.29, 1.82) is 0 Å². The van der Waals surface area contributed by atoms with Crippen molar-refractivity contribution in [1.82, 2.24) is 9.13 Å². The minimum Gasteiger partial charge on any atom is -0.493 e. The predicted molar refractivity (Wildman–Crippen MR) is 104 cm³/mol. The molecule has 2 aromatic carbocycles. The molecule has 0 radical (unpaired) electrons. The van der Waals surface area contributed by atoms with E-state index in [2.05, 4.69) is 0 Å². The number of carbonyl (C=O) groups excluding carboxylic acids is 1. The number of ether oxygens (including phenoxy) is 2. The Morgan fingerprint density at radius 1 is 0.926 bits per heavy atom. The molecule has 0 unspecified atom stereocenters. The number of fused-ring (bicyclic) bond motifs is 1. The third kappa shape index (κ3) is 4.58. The second-order valence-electron chi connectivity index (χ2n) is 6.15. The van der Waals surface area contributed by atoms with Gasteiger partial charge in [-0.2, -0.15) is 0 Å². The van der Waals surface area contributed by atoms with E-state index in [0.717, 1.165) is 16.8 Å². The quantitative estimate of drug-likeness (QED) is 0.430. The average molecular weight is 368 g/mol. The average Bonchev–Trinajstić information content (AvgIpc) is 2.97. The molecule has 0 saturated carbocycles. The fourth-order valence-electron chi connectivity index (χ4n) is 3.02. The second-order valence-corrected chi connectivity index (χ2v) is 6.15. The zero-order valence-electron chi connectivity index (χ0n) is 15.5. The normalized spacial score (nSPS) is 10.9. The molecule has 0 amide bonds. The smallest absolute Gasteiger partial charge is 0.329 e. The van der Waals surface area contributed by atoms with Gasteiger partial charge in [-0.3, -0.25) is 13.9 Å². The number of benzene rings is 2. The summed E-state index contributed by atoms with van der Waals surface area (Å²) in [6.07, 6.45) is 0.785. The van der Waals surface area contributed by atoms with E-state index < -0.39 is 0 Å². The number of carbonyl (C=O) groups is 1. The van der Waals surface area contributed by atoms with Crippen LogP contribution in [0.25, 0.3) is 11.0 Å². The molecule has 0 saturated heterocycles. The van der Waals surface area contributed by atoms with Crippen molar-refractivity contribution in [2.75, 3.05) is 13.2 Å². The number of esters is 1. The van der Waals surface area contributed by atoms with Crippen LogP contribution in [0.5, 0.6) is 5.75 Å². The minimum atomic E-state index is -0.310. The highest BCUT2D eigenvalue weighted by molar-refractivity contribution is 5.76. The third-order valence-electron chi connectivity index (χ3n) is 4.34. The highest BCUT2D eigenvalue weighted by atomic mass is 16.5. The molecule has 0 spiro atoms. The maximum absolute atomic E-state index is 12.5. The lowest BCUT2D eigenvalue weighted by molar-refractivity contribution is -0.144. The summed E-state index contributed by atoms with van der Waals surface area (Å²) in [7, 11) is 0. The van der Waals surface area contributed by atoms with Crippen LogP contribution in [0.4, 0.5) is 0 Å². The molecule has 6 nitrogen and oxygen atoms in total. The monoisotopic (exact) mass is 368 g/mol. The number of aromatic nitrogens is 2. The highest BCUT2D eigenvalue weighted by Gasteiger charge is 2.13. The molecular weight excluding hydrogens is 344 g/mol. The number of hydrogen-bond donors (Lipinski definition) is 0. The molecule has 0 atom stereocenters. The first-order valence-electron chi connectivity index (χ1n) is 9.22. The molecule has 1 aromatic heterocycles. The van der Waals surface area contributed by atoms with Crippen LogP contribution in [0.2, 0.25) is 0 Å². The Balaban J connectivity index is 1.46. The number of aryl methyl sites for hydroxylation is 2. The van der Waals surface area contributed by atoms with E-state index in [1.54, 1.807) is 9.13 Å². The van der Waals surface area contributed by atoms with Gasteiger partial charge in [-0.1, -0.05) is 30.3 Å². The van der Waals surface area contributed by atoms with Crippen LogP contribution in [-0.4, -0.2) is 28.3 Å². The lowest BCUT2D eigenvalue weighted by Crippen LogP contribution is -2.25. The van der Waals surface area contributed by atoms with Gasteiger partial charge in [0.2, 0.25) is 0 Å². The van der Waals surface area contributed by atoms with Gasteiger partial charge in [0.15, 0.2) is 0 Å². The summed E-state index contributed by atoms with van der Waals surface area (Å²) in [6, 6.07) is 17.1. The summed E-state index contributed by atoms with van der Waals surface area (Å²) in [4.78, 5) is 24.5. The van der Waals surface area contributed by atoms with Crippen molar-refractivity contribution >= 4 is 17.0 Å². The number of nitrogens with zero attached hydrogens (tertiary/aromatic N) is 2. The van der Waals surface area contributed by atoms with E-state index in [9.17, 15) is 9.59 Å². The van der Waals surface area contributed by atoms with Crippen LogP contribution in [-0.2, 0) is 22.6 Å². The van der Waals surface area contributed by atoms with Crippen LogP contribution in [0, 0.1) is 0 Å². The SMILES string of the molecule is CCn1c(=O)n(CCC(=O)OCCCOc2ccccc2)c2ccccc21. The molecule has 0 fully saturated rings. The van der Waals surface area contributed by atoms with Crippen LogP contribution in [0.15, 0.2) is 59.4 Å². The summed E-state index contributed by atoms with van der Waals surface area (Å²) >= 11 is 0. The van der Waals surface area contributed by atoms with Gasteiger partial charge >= 0.3 is 11.7 Å². The number of imidazole rings is 1. The van der Waals surface area contributed by atoms with Crippen LogP contribution in [0.1, 0.15) is 19.8 Å². The Kier molecular flexibility index (Phi) is 6.30. The van der Waals surface area contributed by atoms with Gasteiger partial charge in [-0.05, 0) is 31.2 Å². The lowest BCUT2D eigenvalue weighted by atomic mass is 10.3. The molecule has 0 aliphatic carbocycles. The van der Waals surface area contributed by atoms with E-state index in [-0.39, 0.29) is 18.1 Å². The first kappa shape index (κ1) is 18.8. The molecule has 6 heteroatoms.